The van der Waals surface area contributed by atoms with Crippen LogP contribution in [0.15, 0.2) is 36.5 Å². The third-order valence-electron chi connectivity index (χ3n) is 4.19. The summed E-state index contributed by atoms with van der Waals surface area (Å²) in [6, 6.07) is 8.98. The predicted molar refractivity (Wildman–Crippen MR) is 95.6 cm³/mol. The molecule has 0 aliphatic heterocycles. The van der Waals surface area contributed by atoms with Crippen LogP contribution in [0.2, 0.25) is 0 Å². The highest BCUT2D eigenvalue weighted by Crippen LogP contribution is 2.18. The number of hydrogen-bond donors (Lipinski definition) is 2. The van der Waals surface area contributed by atoms with Crippen molar-refractivity contribution in [2.24, 2.45) is 11.8 Å². The number of benzene rings is 1. The Morgan fingerprint density at radius 3 is 2.64 bits per heavy atom. The number of amides is 1. The number of hydrogen-bond acceptors (Lipinski definition) is 3. The van der Waals surface area contributed by atoms with Gasteiger partial charge in [-0.2, -0.15) is 5.10 Å². The van der Waals surface area contributed by atoms with Crippen molar-refractivity contribution >= 4 is 11.9 Å². The highest BCUT2D eigenvalue weighted by atomic mass is 16.4. The third-order valence-corrected chi connectivity index (χ3v) is 4.19. The first kappa shape index (κ1) is 18.7. The van der Waals surface area contributed by atoms with Gasteiger partial charge >= 0.3 is 5.97 Å². The Bertz CT molecular complexity index is 737. The Morgan fingerprint density at radius 2 is 2.04 bits per heavy atom. The fourth-order valence-electron chi connectivity index (χ4n) is 2.79. The maximum Gasteiger partial charge on any atom is 0.356 e. The Labute approximate surface area is 147 Å². The summed E-state index contributed by atoms with van der Waals surface area (Å²) in [6.45, 7) is 6.66. The monoisotopic (exact) mass is 343 g/mol. The number of carboxylic acid groups (broad SMARTS) is 1. The van der Waals surface area contributed by atoms with Gasteiger partial charge in [-0.15, -0.1) is 0 Å². The van der Waals surface area contributed by atoms with Crippen LogP contribution in [0.5, 0.6) is 0 Å². The molecule has 1 aromatic carbocycles. The minimum atomic E-state index is -1.06. The van der Waals surface area contributed by atoms with E-state index in [2.05, 4.69) is 31.2 Å². The molecule has 6 heteroatoms. The summed E-state index contributed by atoms with van der Waals surface area (Å²) in [5, 5.41) is 16.0. The molecule has 0 radical (unpaired) electrons. The molecule has 1 aromatic heterocycles. The molecule has 0 aliphatic carbocycles. The normalized spacial score (nSPS) is 12.2. The molecule has 1 amide bonds. The van der Waals surface area contributed by atoms with E-state index in [-0.39, 0.29) is 17.5 Å². The second-order valence-corrected chi connectivity index (χ2v) is 6.48. The van der Waals surface area contributed by atoms with Crippen LogP contribution in [0.4, 0.5) is 0 Å². The molecule has 2 N–H and O–H groups in total. The van der Waals surface area contributed by atoms with Gasteiger partial charge in [0.1, 0.15) is 0 Å². The number of aromatic carboxylic acids is 1. The second kappa shape index (κ2) is 8.46. The van der Waals surface area contributed by atoms with Crippen LogP contribution in [-0.4, -0.2) is 26.8 Å². The summed E-state index contributed by atoms with van der Waals surface area (Å²) in [5.41, 5.74) is 1.70. The summed E-state index contributed by atoms with van der Waals surface area (Å²) in [5.74, 6) is -0.644. The number of nitrogens with one attached hydrogen (secondary N) is 1. The minimum absolute atomic E-state index is 0.00181. The molecule has 0 fully saturated rings. The maximum atomic E-state index is 12.4. The Balaban J connectivity index is 2.06. The molecule has 1 heterocycles. The van der Waals surface area contributed by atoms with Crippen molar-refractivity contribution in [3.8, 4) is 5.69 Å². The van der Waals surface area contributed by atoms with Gasteiger partial charge in [0.25, 0.3) is 0 Å². The molecule has 1 unspecified atom stereocenters. The van der Waals surface area contributed by atoms with E-state index in [4.69, 9.17) is 5.11 Å². The van der Waals surface area contributed by atoms with Crippen molar-refractivity contribution in [3.05, 3.63) is 47.8 Å². The van der Waals surface area contributed by atoms with Gasteiger partial charge in [-0.1, -0.05) is 39.3 Å². The smallest absolute Gasteiger partial charge is 0.356 e. The highest BCUT2D eigenvalue weighted by molar-refractivity contribution is 5.85. The Hall–Kier alpha value is -2.63. The molecule has 2 aromatic rings. The van der Waals surface area contributed by atoms with E-state index in [1.165, 1.54) is 10.7 Å². The van der Waals surface area contributed by atoms with Crippen LogP contribution < -0.4 is 5.32 Å². The minimum Gasteiger partial charge on any atom is -0.476 e. The summed E-state index contributed by atoms with van der Waals surface area (Å²) >= 11 is 0. The molecule has 0 bridgehead atoms. The summed E-state index contributed by atoms with van der Waals surface area (Å²) in [7, 11) is 0. The summed E-state index contributed by atoms with van der Waals surface area (Å²) < 4.78 is 1.52. The number of nitrogens with zero attached hydrogens (tertiary/aromatic N) is 2. The van der Waals surface area contributed by atoms with Gasteiger partial charge in [-0.3, -0.25) is 4.79 Å². The predicted octanol–water partition coefficient (Wildman–Crippen LogP) is 3.26. The first-order valence-electron chi connectivity index (χ1n) is 8.58. The van der Waals surface area contributed by atoms with Crippen molar-refractivity contribution < 1.29 is 14.7 Å². The highest BCUT2D eigenvalue weighted by Gasteiger charge is 2.20. The van der Waals surface area contributed by atoms with Crippen LogP contribution in [0.3, 0.4) is 0 Å². The van der Waals surface area contributed by atoms with E-state index >= 15 is 0 Å². The lowest BCUT2D eigenvalue weighted by Crippen LogP contribution is -2.33. The molecular weight excluding hydrogens is 318 g/mol. The lowest BCUT2D eigenvalue weighted by molar-refractivity contribution is -0.126. The molecule has 1 atom stereocenters. The number of carboxylic acids is 1. The number of aromatic nitrogens is 2. The van der Waals surface area contributed by atoms with E-state index in [1.54, 1.807) is 6.20 Å². The van der Waals surface area contributed by atoms with E-state index in [0.29, 0.717) is 12.5 Å². The molecule has 0 spiro atoms. The second-order valence-electron chi connectivity index (χ2n) is 6.48. The van der Waals surface area contributed by atoms with E-state index in [1.807, 2.05) is 24.3 Å². The van der Waals surface area contributed by atoms with Gasteiger partial charge < -0.3 is 10.4 Å². The van der Waals surface area contributed by atoms with E-state index in [9.17, 15) is 9.59 Å². The molecular formula is C19H25N3O3. The van der Waals surface area contributed by atoms with E-state index < -0.39 is 5.97 Å². The maximum absolute atomic E-state index is 12.4. The quantitative estimate of drug-likeness (QED) is 0.770. The van der Waals surface area contributed by atoms with Crippen LogP contribution in [0.25, 0.3) is 5.69 Å². The lowest BCUT2D eigenvalue weighted by Gasteiger charge is -2.19. The van der Waals surface area contributed by atoms with Crippen LogP contribution >= 0.6 is 0 Å². The Morgan fingerprint density at radius 1 is 1.28 bits per heavy atom. The van der Waals surface area contributed by atoms with Crippen molar-refractivity contribution in [1.29, 1.82) is 0 Å². The molecule has 25 heavy (non-hydrogen) atoms. The number of rotatable bonds is 8. The van der Waals surface area contributed by atoms with Crippen LogP contribution in [0.1, 0.15) is 49.7 Å². The lowest BCUT2D eigenvalue weighted by atomic mass is 9.90. The fourth-order valence-corrected chi connectivity index (χ4v) is 2.79. The Kier molecular flexibility index (Phi) is 6.33. The molecule has 0 saturated heterocycles. The number of carbonyl (C=O) groups is 2. The van der Waals surface area contributed by atoms with Gasteiger partial charge in [0.2, 0.25) is 5.91 Å². The first-order chi connectivity index (χ1) is 11.9. The van der Waals surface area contributed by atoms with E-state index in [0.717, 1.165) is 24.1 Å². The van der Waals surface area contributed by atoms with Crippen LogP contribution in [0, 0.1) is 11.8 Å². The molecule has 0 saturated carbocycles. The standard InChI is InChI=1S/C19H25N3O3/c1-4-6-16(13(2)3)18(23)20-12-14-7-5-8-15(11-14)22-10-9-17(21-22)19(24)25/h5,7-11,13,16H,4,6,12H2,1-3H3,(H,20,23)(H,24,25). The van der Waals surface area contributed by atoms with Crippen molar-refractivity contribution in [1.82, 2.24) is 15.1 Å². The van der Waals surface area contributed by atoms with Crippen molar-refractivity contribution in [2.75, 3.05) is 0 Å². The van der Waals surface area contributed by atoms with Gasteiger partial charge in [0.15, 0.2) is 5.69 Å². The summed E-state index contributed by atoms with van der Waals surface area (Å²) in [4.78, 5) is 23.3. The largest absolute Gasteiger partial charge is 0.476 e. The van der Waals surface area contributed by atoms with Gasteiger partial charge in [0.05, 0.1) is 5.69 Å². The molecule has 6 nitrogen and oxygen atoms in total. The number of carbonyl (C=O) groups excluding carboxylic acids is 1. The van der Waals surface area contributed by atoms with Crippen molar-refractivity contribution in [2.45, 2.75) is 40.2 Å². The van der Waals surface area contributed by atoms with Gasteiger partial charge in [-0.05, 0) is 36.1 Å². The SMILES string of the molecule is CCCC(C(=O)NCc1cccc(-n2ccc(C(=O)O)n2)c1)C(C)C. The average Bonchev–Trinajstić information content (AvgIpc) is 3.08. The zero-order chi connectivity index (χ0) is 18.4. The topological polar surface area (TPSA) is 84.2 Å². The molecule has 0 aliphatic rings. The fraction of sp³-hybridized carbons (Fsp3) is 0.421. The van der Waals surface area contributed by atoms with Crippen molar-refractivity contribution in [3.63, 3.8) is 0 Å². The molecule has 2 rings (SSSR count). The third kappa shape index (κ3) is 4.92. The molecule has 134 valence electrons. The van der Waals surface area contributed by atoms with Gasteiger partial charge in [-0.25, -0.2) is 9.48 Å². The van der Waals surface area contributed by atoms with Gasteiger partial charge in [0, 0.05) is 18.7 Å². The average molecular weight is 343 g/mol. The first-order valence-corrected chi connectivity index (χ1v) is 8.58. The zero-order valence-corrected chi connectivity index (χ0v) is 14.9. The van der Waals surface area contributed by atoms with Crippen LogP contribution in [-0.2, 0) is 11.3 Å². The zero-order valence-electron chi connectivity index (χ0n) is 14.9. The summed E-state index contributed by atoms with van der Waals surface area (Å²) in [6.07, 6.45) is 3.48.